The van der Waals surface area contributed by atoms with Gasteiger partial charge in [-0.3, -0.25) is 0 Å². The maximum absolute atomic E-state index is 5.45. The van der Waals surface area contributed by atoms with Crippen molar-refractivity contribution in [1.82, 2.24) is 4.98 Å². The van der Waals surface area contributed by atoms with Crippen LogP contribution in [0.3, 0.4) is 0 Å². The minimum absolute atomic E-state index is 0.451. The molecule has 0 bridgehead atoms. The molecular weight excluding hydrogens is 166 g/mol. The first-order chi connectivity index (χ1) is 6.29. The number of nitrogens with zero attached hydrogens (tertiary/aromatic N) is 2. The van der Waals surface area contributed by atoms with E-state index in [4.69, 9.17) is 10.2 Å². The van der Waals surface area contributed by atoms with Gasteiger partial charge < -0.3 is 15.1 Å². The van der Waals surface area contributed by atoms with Crippen molar-refractivity contribution in [3.8, 4) is 0 Å². The molecule has 1 saturated heterocycles. The van der Waals surface area contributed by atoms with Gasteiger partial charge in [0.25, 0.3) is 6.01 Å². The monoisotopic (exact) mass is 181 g/mol. The lowest BCUT2D eigenvalue weighted by Gasteiger charge is -2.11. The molecule has 1 aliphatic heterocycles. The molecule has 2 N–H and O–H groups in total. The number of anilines is 1. The average Bonchev–Trinajstić information content (AvgIpc) is 2.71. The van der Waals surface area contributed by atoms with Crippen LogP contribution in [0.2, 0.25) is 0 Å². The zero-order chi connectivity index (χ0) is 9.26. The lowest BCUT2D eigenvalue weighted by atomic mass is 10.2. The Morgan fingerprint density at radius 1 is 1.77 bits per heavy atom. The minimum atomic E-state index is 0.451. The first-order valence-electron chi connectivity index (χ1n) is 4.69. The van der Waals surface area contributed by atoms with Gasteiger partial charge in [0.2, 0.25) is 0 Å². The van der Waals surface area contributed by atoms with Crippen LogP contribution >= 0.6 is 0 Å². The van der Waals surface area contributed by atoms with Crippen LogP contribution in [-0.4, -0.2) is 18.1 Å². The molecule has 4 nitrogen and oxygen atoms in total. The van der Waals surface area contributed by atoms with Gasteiger partial charge in [0.1, 0.15) is 6.26 Å². The van der Waals surface area contributed by atoms with Gasteiger partial charge in [-0.2, -0.15) is 4.98 Å². The molecular formula is C9H15N3O. The van der Waals surface area contributed by atoms with Crippen molar-refractivity contribution in [3.63, 3.8) is 0 Å². The Hall–Kier alpha value is -1.03. The van der Waals surface area contributed by atoms with Crippen LogP contribution in [0.25, 0.3) is 0 Å². The van der Waals surface area contributed by atoms with Gasteiger partial charge in [0.05, 0.1) is 5.69 Å². The fourth-order valence-corrected chi connectivity index (χ4v) is 1.64. The van der Waals surface area contributed by atoms with Crippen LogP contribution in [0.1, 0.15) is 19.0 Å². The molecule has 0 amide bonds. The molecule has 13 heavy (non-hydrogen) atoms. The highest BCUT2D eigenvalue weighted by molar-refractivity contribution is 5.28. The Morgan fingerprint density at radius 2 is 2.62 bits per heavy atom. The van der Waals surface area contributed by atoms with E-state index < -0.39 is 0 Å². The number of hydrogen-bond acceptors (Lipinski definition) is 4. The van der Waals surface area contributed by atoms with E-state index in [1.807, 2.05) is 0 Å². The van der Waals surface area contributed by atoms with E-state index in [2.05, 4.69) is 16.8 Å². The van der Waals surface area contributed by atoms with E-state index in [1.165, 1.54) is 6.42 Å². The number of aromatic nitrogens is 1. The number of rotatable bonds is 2. The van der Waals surface area contributed by atoms with Gasteiger partial charge >= 0.3 is 0 Å². The summed E-state index contributed by atoms with van der Waals surface area (Å²) in [5.41, 5.74) is 6.28. The number of hydrogen-bond donors (Lipinski definition) is 1. The summed E-state index contributed by atoms with van der Waals surface area (Å²) in [6.45, 7) is 4.79. The zero-order valence-electron chi connectivity index (χ0n) is 7.86. The largest absolute Gasteiger partial charge is 0.432 e. The molecule has 1 aromatic rings. The third-order valence-electron chi connectivity index (χ3n) is 2.44. The summed E-state index contributed by atoms with van der Waals surface area (Å²) in [5.74, 6) is 0.744. The smallest absolute Gasteiger partial charge is 0.297 e. The Balaban J connectivity index is 2.08. The summed E-state index contributed by atoms with van der Waals surface area (Å²) >= 11 is 0. The Bertz CT molecular complexity index is 284. The molecule has 1 aromatic heterocycles. The molecule has 1 atom stereocenters. The van der Waals surface area contributed by atoms with E-state index in [0.29, 0.717) is 6.54 Å². The van der Waals surface area contributed by atoms with Gasteiger partial charge in [0.15, 0.2) is 0 Å². The van der Waals surface area contributed by atoms with Crippen LogP contribution in [-0.2, 0) is 6.54 Å². The van der Waals surface area contributed by atoms with Gasteiger partial charge in [-0.25, -0.2) is 0 Å². The van der Waals surface area contributed by atoms with Crippen molar-refractivity contribution in [1.29, 1.82) is 0 Å². The SMILES string of the molecule is CC1CCN(c2nc(CN)co2)C1. The first kappa shape index (κ1) is 8.56. The lowest BCUT2D eigenvalue weighted by Crippen LogP contribution is -2.19. The van der Waals surface area contributed by atoms with Crippen LogP contribution in [0.5, 0.6) is 0 Å². The van der Waals surface area contributed by atoms with Crippen molar-refractivity contribution in [2.75, 3.05) is 18.0 Å². The van der Waals surface area contributed by atoms with Crippen molar-refractivity contribution >= 4 is 6.01 Å². The molecule has 1 fully saturated rings. The van der Waals surface area contributed by atoms with Gasteiger partial charge in [0, 0.05) is 19.6 Å². The molecule has 2 heterocycles. The predicted octanol–water partition coefficient (Wildman–Crippen LogP) is 0.980. The van der Waals surface area contributed by atoms with Crippen molar-refractivity contribution in [2.45, 2.75) is 19.9 Å². The van der Waals surface area contributed by atoms with Gasteiger partial charge in [-0.1, -0.05) is 6.92 Å². The third kappa shape index (κ3) is 1.67. The van der Waals surface area contributed by atoms with E-state index in [9.17, 15) is 0 Å². The Labute approximate surface area is 77.7 Å². The molecule has 4 heteroatoms. The summed E-state index contributed by atoms with van der Waals surface area (Å²) in [5, 5.41) is 0. The molecule has 1 aliphatic rings. The standard InChI is InChI=1S/C9H15N3O/c1-7-2-3-12(5-7)9-11-8(4-10)6-13-9/h6-7H,2-5,10H2,1H3. The molecule has 0 aromatic carbocycles. The van der Waals surface area contributed by atoms with Crippen LogP contribution in [0.15, 0.2) is 10.7 Å². The molecule has 2 rings (SSSR count). The molecule has 1 unspecified atom stereocenters. The normalized spacial score (nSPS) is 22.6. The molecule has 0 saturated carbocycles. The second-order valence-electron chi connectivity index (χ2n) is 3.67. The molecule has 0 aliphatic carbocycles. The Morgan fingerprint density at radius 3 is 3.15 bits per heavy atom. The van der Waals surface area contributed by atoms with E-state index in [-0.39, 0.29) is 0 Å². The fraction of sp³-hybridized carbons (Fsp3) is 0.667. The highest BCUT2D eigenvalue weighted by atomic mass is 16.4. The summed E-state index contributed by atoms with van der Waals surface area (Å²) in [4.78, 5) is 6.45. The van der Waals surface area contributed by atoms with Crippen LogP contribution in [0.4, 0.5) is 6.01 Å². The molecule has 72 valence electrons. The topological polar surface area (TPSA) is 55.3 Å². The summed E-state index contributed by atoms with van der Waals surface area (Å²) in [6.07, 6.45) is 2.86. The van der Waals surface area contributed by atoms with Crippen LogP contribution in [0, 0.1) is 5.92 Å². The van der Waals surface area contributed by atoms with Crippen molar-refractivity contribution < 1.29 is 4.42 Å². The van der Waals surface area contributed by atoms with E-state index in [0.717, 1.165) is 30.7 Å². The van der Waals surface area contributed by atoms with E-state index >= 15 is 0 Å². The number of oxazole rings is 1. The van der Waals surface area contributed by atoms with Gasteiger partial charge in [-0.05, 0) is 12.3 Å². The maximum Gasteiger partial charge on any atom is 0.297 e. The fourth-order valence-electron chi connectivity index (χ4n) is 1.64. The maximum atomic E-state index is 5.45. The van der Waals surface area contributed by atoms with Crippen LogP contribution < -0.4 is 10.6 Å². The second-order valence-corrected chi connectivity index (χ2v) is 3.67. The minimum Gasteiger partial charge on any atom is -0.432 e. The van der Waals surface area contributed by atoms with E-state index in [1.54, 1.807) is 6.26 Å². The zero-order valence-corrected chi connectivity index (χ0v) is 7.86. The second kappa shape index (κ2) is 3.38. The third-order valence-corrected chi connectivity index (χ3v) is 2.44. The average molecular weight is 181 g/mol. The Kier molecular flexibility index (Phi) is 2.22. The summed E-state index contributed by atoms with van der Waals surface area (Å²) in [7, 11) is 0. The van der Waals surface area contributed by atoms with Crippen molar-refractivity contribution in [2.24, 2.45) is 11.7 Å². The lowest BCUT2D eigenvalue weighted by molar-refractivity contribution is 0.542. The number of nitrogens with two attached hydrogens (primary N) is 1. The highest BCUT2D eigenvalue weighted by Gasteiger charge is 2.22. The molecule has 0 spiro atoms. The summed E-state index contributed by atoms with van der Waals surface area (Å²) in [6, 6.07) is 0.727. The highest BCUT2D eigenvalue weighted by Crippen LogP contribution is 2.22. The first-order valence-corrected chi connectivity index (χ1v) is 4.69. The molecule has 0 radical (unpaired) electrons. The summed E-state index contributed by atoms with van der Waals surface area (Å²) < 4.78 is 5.32. The van der Waals surface area contributed by atoms with Crippen molar-refractivity contribution in [3.05, 3.63) is 12.0 Å². The quantitative estimate of drug-likeness (QED) is 0.739. The van der Waals surface area contributed by atoms with Gasteiger partial charge in [-0.15, -0.1) is 0 Å². The predicted molar refractivity (Wildman–Crippen MR) is 50.4 cm³/mol.